The van der Waals surface area contributed by atoms with E-state index in [0.29, 0.717) is 18.4 Å². The molecule has 2 heterocycles. The molecule has 2 aliphatic rings. The van der Waals surface area contributed by atoms with Crippen LogP contribution in [0, 0.1) is 11.3 Å². The van der Waals surface area contributed by atoms with E-state index in [4.69, 9.17) is 17.2 Å². The van der Waals surface area contributed by atoms with E-state index < -0.39 is 138 Å². The third kappa shape index (κ3) is 19.2. The number of carbonyl (C=O) groups is 11. The molecule has 8 atom stereocenters. The first-order valence-electron chi connectivity index (χ1n) is 23.0. The number of benzene rings is 1. The van der Waals surface area contributed by atoms with Gasteiger partial charge in [-0.2, -0.15) is 11.8 Å². The number of nitrogens with one attached hydrogen (secondary N) is 7. The van der Waals surface area contributed by atoms with E-state index in [2.05, 4.69) is 37.2 Å². The zero-order valence-corrected chi connectivity index (χ0v) is 40.7. The molecule has 0 bridgehead atoms. The average Bonchev–Trinajstić information content (AvgIpc) is 3.77. The minimum absolute atomic E-state index is 0.0232. The monoisotopic (exact) mass is 987 g/mol. The van der Waals surface area contributed by atoms with E-state index in [1.54, 1.807) is 26.0 Å². The standard InChI is InChI=1S/C45H69N11O12S/c1-6-24(2)37-43(67)51-27(15-16-33(46)58)39(63)52-29(20-34(47)59)40(64)54-31(23-69-18-8-10-36(61)50-28(41(65)55-37)19-25-11-13-26(57)14-12-25)44(68)56-17-7-9-32(56)42(66)53-30(21-45(3,4)5)38(62)49-22-35(48)60/h11-14,24,27-32,37,57H,6-10,15-23H2,1-5H3,(H2,46,58)(H2,47,59)(H2,48,60)(H,49,62)(H,50,61)(H,51,67)(H,52,63)(H,53,66)(H,54,64)(H,55,65)/t24-,27-,28-,29-,30-,31-,32-,37-/m0/s1. The van der Waals surface area contributed by atoms with Crippen molar-refractivity contribution >= 4 is 76.7 Å². The molecular formula is C45H69N11O12S. The topological polar surface area (TPSA) is 374 Å². The molecule has 0 radical (unpaired) electrons. The largest absolute Gasteiger partial charge is 0.508 e. The molecule has 0 unspecified atom stereocenters. The summed E-state index contributed by atoms with van der Waals surface area (Å²) in [4.78, 5) is 148. The highest BCUT2D eigenvalue weighted by atomic mass is 32.2. The summed E-state index contributed by atoms with van der Waals surface area (Å²) >= 11 is 1.17. The number of aromatic hydroxyl groups is 1. The number of rotatable bonds is 16. The van der Waals surface area contributed by atoms with Crippen LogP contribution in [0.5, 0.6) is 5.75 Å². The second-order valence-corrected chi connectivity index (χ2v) is 19.7. The smallest absolute Gasteiger partial charge is 0.246 e. The molecule has 0 saturated carbocycles. The minimum atomic E-state index is -1.72. The van der Waals surface area contributed by atoms with Crippen molar-refractivity contribution in [1.29, 1.82) is 0 Å². The maximum Gasteiger partial charge on any atom is 0.246 e. The lowest BCUT2D eigenvalue weighted by Gasteiger charge is -2.32. The summed E-state index contributed by atoms with van der Waals surface area (Å²) < 4.78 is 0. The normalized spacial score (nSPS) is 23.4. The van der Waals surface area contributed by atoms with Crippen molar-refractivity contribution in [1.82, 2.24) is 42.1 Å². The molecular weight excluding hydrogens is 919 g/mol. The number of amides is 11. The van der Waals surface area contributed by atoms with Crippen LogP contribution in [0.2, 0.25) is 0 Å². The van der Waals surface area contributed by atoms with E-state index in [0.717, 1.165) is 0 Å². The number of primary amides is 3. The number of likely N-dealkylation sites (tertiary alicyclic amines) is 1. The zero-order valence-electron chi connectivity index (χ0n) is 39.9. The maximum absolute atomic E-state index is 14.5. The summed E-state index contributed by atoms with van der Waals surface area (Å²) in [7, 11) is 0. The summed E-state index contributed by atoms with van der Waals surface area (Å²) in [6.45, 7) is 8.57. The van der Waals surface area contributed by atoms with Gasteiger partial charge in [-0.3, -0.25) is 52.7 Å². The zero-order chi connectivity index (χ0) is 51.6. The predicted octanol–water partition coefficient (Wildman–Crippen LogP) is -2.41. The van der Waals surface area contributed by atoms with E-state index in [9.17, 15) is 57.8 Å². The minimum Gasteiger partial charge on any atom is -0.508 e. The van der Waals surface area contributed by atoms with Gasteiger partial charge in [-0.05, 0) is 66.9 Å². The third-order valence-corrected chi connectivity index (χ3v) is 12.6. The summed E-state index contributed by atoms with van der Waals surface area (Å²) in [5.41, 5.74) is 16.2. The lowest BCUT2D eigenvalue weighted by atomic mass is 9.87. The molecule has 1 aromatic carbocycles. The lowest BCUT2D eigenvalue weighted by Crippen LogP contribution is -2.61. The molecule has 11 amide bonds. The Kier molecular flexibility index (Phi) is 22.2. The molecule has 14 N–H and O–H groups in total. The van der Waals surface area contributed by atoms with Gasteiger partial charge in [-0.25, -0.2) is 0 Å². The molecule has 1 aromatic rings. The summed E-state index contributed by atoms with van der Waals surface area (Å²) in [6.07, 6.45) is -0.387. The van der Waals surface area contributed by atoms with Crippen LogP contribution >= 0.6 is 11.8 Å². The first-order valence-corrected chi connectivity index (χ1v) is 24.1. The van der Waals surface area contributed by atoms with Gasteiger partial charge in [-0.15, -0.1) is 0 Å². The van der Waals surface area contributed by atoms with Crippen molar-refractivity contribution in [2.45, 2.75) is 141 Å². The molecule has 3 rings (SSSR count). The number of phenols is 1. The van der Waals surface area contributed by atoms with E-state index in [1.165, 1.54) is 28.8 Å². The van der Waals surface area contributed by atoms with Crippen molar-refractivity contribution in [3.63, 3.8) is 0 Å². The van der Waals surface area contributed by atoms with Crippen LogP contribution in [0.3, 0.4) is 0 Å². The van der Waals surface area contributed by atoms with Gasteiger partial charge in [0.05, 0.1) is 13.0 Å². The Balaban J connectivity index is 2.03. The van der Waals surface area contributed by atoms with E-state index >= 15 is 0 Å². The fourth-order valence-corrected chi connectivity index (χ4v) is 8.65. The Labute approximate surface area is 405 Å². The fourth-order valence-electron chi connectivity index (χ4n) is 7.67. The molecule has 24 heteroatoms. The van der Waals surface area contributed by atoms with Crippen LogP contribution < -0.4 is 54.4 Å². The molecule has 69 heavy (non-hydrogen) atoms. The van der Waals surface area contributed by atoms with E-state index in [1.807, 2.05) is 20.8 Å². The van der Waals surface area contributed by atoms with E-state index in [-0.39, 0.29) is 62.3 Å². The summed E-state index contributed by atoms with van der Waals surface area (Å²) in [5.74, 6) is -9.33. The van der Waals surface area contributed by atoms with Gasteiger partial charge in [0, 0.05) is 31.6 Å². The Hall–Kier alpha value is -6.46. The molecule has 0 aromatic heterocycles. The van der Waals surface area contributed by atoms with Gasteiger partial charge < -0.3 is 64.4 Å². The Bertz CT molecular complexity index is 2050. The summed E-state index contributed by atoms with van der Waals surface area (Å²) in [5, 5.41) is 27.9. The molecule has 2 fully saturated rings. The molecule has 2 aliphatic heterocycles. The van der Waals surface area contributed by atoms with Crippen molar-refractivity contribution in [2.24, 2.45) is 28.5 Å². The van der Waals surface area contributed by atoms with Gasteiger partial charge in [0.25, 0.3) is 0 Å². The first-order chi connectivity index (χ1) is 32.4. The van der Waals surface area contributed by atoms with Crippen molar-refractivity contribution < 1.29 is 57.8 Å². The highest BCUT2D eigenvalue weighted by Gasteiger charge is 2.41. The van der Waals surface area contributed by atoms with Gasteiger partial charge in [0.2, 0.25) is 65.0 Å². The molecule has 0 aliphatic carbocycles. The number of nitrogens with two attached hydrogens (primary N) is 3. The van der Waals surface area contributed by atoms with Crippen molar-refractivity contribution in [3.05, 3.63) is 29.8 Å². The number of hydrogen-bond acceptors (Lipinski definition) is 13. The average molecular weight is 988 g/mol. The number of hydrogen-bond donors (Lipinski definition) is 11. The van der Waals surface area contributed by atoms with Gasteiger partial charge in [-0.1, -0.05) is 53.2 Å². The van der Waals surface area contributed by atoms with Crippen LogP contribution in [0.1, 0.15) is 98.0 Å². The van der Waals surface area contributed by atoms with Gasteiger partial charge >= 0.3 is 0 Å². The second kappa shape index (κ2) is 26.9. The SMILES string of the molecule is CC[C@H](C)[C@@H]1NC(=O)[C@H](Cc2ccc(O)cc2)NC(=O)CCCSC[C@@H](C(=O)N2CCC[C@H]2C(=O)N[C@@H](CC(C)(C)C)C(=O)NCC(N)=O)NC(=O)[C@H](CC(N)=O)NC(=O)[C@H](CCC(N)=O)NC1=O. The van der Waals surface area contributed by atoms with Crippen LogP contribution in [0.15, 0.2) is 24.3 Å². The molecule has 23 nitrogen and oxygen atoms in total. The van der Waals surface area contributed by atoms with Gasteiger partial charge in [0.1, 0.15) is 48.0 Å². The number of nitrogens with zero attached hydrogens (tertiary/aromatic N) is 1. The molecule has 2 saturated heterocycles. The van der Waals surface area contributed by atoms with Crippen LogP contribution in [-0.2, 0) is 59.2 Å². The molecule has 0 spiro atoms. The second-order valence-electron chi connectivity index (χ2n) is 18.6. The van der Waals surface area contributed by atoms with Crippen molar-refractivity contribution in [2.75, 3.05) is 24.6 Å². The van der Waals surface area contributed by atoms with Crippen LogP contribution in [-0.4, -0.2) is 142 Å². The highest BCUT2D eigenvalue weighted by molar-refractivity contribution is 7.99. The van der Waals surface area contributed by atoms with Gasteiger partial charge in [0.15, 0.2) is 0 Å². The lowest BCUT2D eigenvalue weighted by molar-refractivity contribution is -0.142. The highest BCUT2D eigenvalue weighted by Crippen LogP contribution is 2.24. The fraction of sp³-hybridized carbons (Fsp3) is 0.622. The Morgan fingerprint density at radius 1 is 0.826 bits per heavy atom. The summed E-state index contributed by atoms with van der Waals surface area (Å²) in [6, 6.07) is -3.42. The van der Waals surface area contributed by atoms with Crippen LogP contribution in [0.4, 0.5) is 0 Å². The number of phenolic OH excluding ortho intramolecular Hbond substituents is 1. The van der Waals surface area contributed by atoms with Crippen LogP contribution in [0.25, 0.3) is 0 Å². The Morgan fingerprint density at radius 3 is 2.07 bits per heavy atom. The quantitative estimate of drug-likeness (QED) is 0.0823. The maximum atomic E-state index is 14.5. The first kappa shape index (κ1) is 56.9. The third-order valence-electron chi connectivity index (χ3n) is 11.5. The van der Waals surface area contributed by atoms with Crippen molar-refractivity contribution in [3.8, 4) is 5.75 Å². The number of carbonyl (C=O) groups excluding carboxylic acids is 11. The molecule has 382 valence electrons. The predicted molar refractivity (Wildman–Crippen MR) is 253 cm³/mol. The Morgan fingerprint density at radius 2 is 1.46 bits per heavy atom. The number of thioether (sulfide) groups is 1.